The second-order valence-corrected chi connectivity index (χ2v) is 5.15. The molecule has 0 bridgehead atoms. The van der Waals surface area contributed by atoms with Gasteiger partial charge in [-0.05, 0) is 32.6 Å². The number of hydrogen-bond donors (Lipinski definition) is 3. The molecular formula is C14H27N3O4. The second-order valence-electron chi connectivity index (χ2n) is 5.15. The fourth-order valence-corrected chi connectivity index (χ4v) is 2.37. The lowest BCUT2D eigenvalue weighted by Crippen LogP contribution is -2.46. The van der Waals surface area contributed by atoms with Crippen molar-refractivity contribution >= 4 is 11.9 Å². The quantitative estimate of drug-likeness (QED) is 0.614. The molecule has 1 fully saturated rings. The van der Waals surface area contributed by atoms with Gasteiger partial charge >= 0.3 is 6.03 Å². The highest BCUT2D eigenvalue weighted by molar-refractivity contribution is 5.83. The van der Waals surface area contributed by atoms with E-state index in [9.17, 15) is 14.7 Å². The monoisotopic (exact) mass is 301 g/mol. The fraction of sp³-hybridized carbons (Fsp3) is 0.857. The lowest BCUT2D eigenvalue weighted by Gasteiger charge is -2.26. The van der Waals surface area contributed by atoms with Crippen molar-refractivity contribution in [3.63, 3.8) is 0 Å². The van der Waals surface area contributed by atoms with Gasteiger partial charge in [0.1, 0.15) is 0 Å². The van der Waals surface area contributed by atoms with Crippen molar-refractivity contribution in [1.82, 2.24) is 15.5 Å². The smallest absolute Gasteiger partial charge is 0.315 e. The number of urea groups is 1. The molecule has 1 saturated heterocycles. The van der Waals surface area contributed by atoms with Crippen LogP contribution in [0.3, 0.4) is 0 Å². The molecule has 7 heteroatoms. The maximum absolute atomic E-state index is 11.7. The standard InChI is InChI=1S/C14H27N3O4/c1-3-17(4-2)13(19)10-16-14(20)15-9-12(18)11-5-7-21-8-6-11/h11-12,18H,3-10H2,1-2H3,(H2,15,16,20). The van der Waals surface area contributed by atoms with E-state index in [0.717, 1.165) is 12.8 Å². The average molecular weight is 301 g/mol. The number of aliphatic hydroxyl groups is 1. The summed E-state index contributed by atoms with van der Waals surface area (Å²) < 4.78 is 5.23. The van der Waals surface area contributed by atoms with Crippen LogP contribution in [0, 0.1) is 5.92 Å². The van der Waals surface area contributed by atoms with Gasteiger partial charge in [0.15, 0.2) is 0 Å². The van der Waals surface area contributed by atoms with Crippen LogP contribution in [0.1, 0.15) is 26.7 Å². The van der Waals surface area contributed by atoms with E-state index in [-0.39, 0.29) is 24.9 Å². The Kier molecular flexibility index (Phi) is 8.07. The third-order valence-electron chi connectivity index (χ3n) is 3.80. The van der Waals surface area contributed by atoms with Crippen molar-refractivity contribution in [1.29, 1.82) is 0 Å². The molecule has 0 aromatic carbocycles. The first kappa shape index (κ1) is 17.7. The van der Waals surface area contributed by atoms with Crippen LogP contribution in [0.25, 0.3) is 0 Å². The molecule has 1 rings (SSSR count). The van der Waals surface area contributed by atoms with E-state index in [0.29, 0.717) is 26.3 Å². The van der Waals surface area contributed by atoms with Gasteiger partial charge in [-0.3, -0.25) is 4.79 Å². The molecule has 0 spiro atoms. The summed E-state index contributed by atoms with van der Waals surface area (Å²) in [7, 11) is 0. The molecule has 0 aromatic rings. The Morgan fingerprint density at radius 3 is 2.43 bits per heavy atom. The summed E-state index contributed by atoms with van der Waals surface area (Å²) in [6, 6.07) is -0.429. The molecule has 1 heterocycles. The number of hydrogen-bond acceptors (Lipinski definition) is 4. The van der Waals surface area contributed by atoms with Gasteiger partial charge in [-0.15, -0.1) is 0 Å². The van der Waals surface area contributed by atoms with Crippen molar-refractivity contribution in [3.8, 4) is 0 Å². The highest BCUT2D eigenvalue weighted by Gasteiger charge is 2.22. The predicted octanol–water partition coefficient (Wildman–Crippen LogP) is -0.0585. The number of amides is 3. The molecule has 21 heavy (non-hydrogen) atoms. The topological polar surface area (TPSA) is 90.9 Å². The van der Waals surface area contributed by atoms with Crippen LogP contribution in [0.15, 0.2) is 0 Å². The molecule has 0 aromatic heterocycles. The minimum atomic E-state index is -0.571. The van der Waals surface area contributed by atoms with Gasteiger partial charge in [0.25, 0.3) is 0 Å². The summed E-state index contributed by atoms with van der Waals surface area (Å²) >= 11 is 0. The van der Waals surface area contributed by atoms with E-state index in [1.54, 1.807) is 4.90 Å². The SMILES string of the molecule is CCN(CC)C(=O)CNC(=O)NCC(O)C1CCOCC1. The number of rotatable bonds is 7. The Bertz CT molecular complexity index is 328. The molecule has 3 amide bonds. The fourth-order valence-electron chi connectivity index (χ4n) is 2.37. The normalized spacial score (nSPS) is 17.1. The van der Waals surface area contributed by atoms with Gasteiger partial charge in [0.2, 0.25) is 5.91 Å². The van der Waals surface area contributed by atoms with Crippen LogP contribution in [0.2, 0.25) is 0 Å². The van der Waals surface area contributed by atoms with E-state index >= 15 is 0 Å². The van der Waals surface area contributed by atoms with Gasteiger partial charge in [0, 0.05) is 32.8 Å². The molecule has 1 unspecified atom stereocenters. The third kappa shape index (κ3) is 6.31. The second kappa shape index (κ2) is 9.57. The number of aliphatic hydroxyl groups excluding tert-OH is 1. The summed E-state index contributed by atoms with van der Waals surface area (Å²) in [6.45, 7) is 6.52. The molecule has 1 aliphatic rings. The lowest BCUT2D eigenvalue weighted by molar-refractivity contribution is -0.129. The summed E-state index contributed by atoms with van der Waals surface area (Å²) in [5, 5.41) is 15.1. The first-order valence-electron chi connectivity index (χ1n) is 7.63. The molecule has 1 atom stereocenters. The van der Waals surface area contributed by atoms with Crippen LogP contribution in [-0.2, 0) is 9.53 Å². The number of carbonyl (C=O) groups is 2. The van der Waals surface area contributed by atoms with Gasteiger partial charge in [-0.1, -0.05) is 0 Å². The Morgan fingerprint density at radius 1 is 1.24 bits per heavy atom. The summed E-state index contributed by atoms with van der Waals surface area (Å²) in [5.41, 5.74) is 0. The Hall–Kier alpha value is -1.34. The molecule has 7 nitrogen and oxygen atoms in total. The number of nitrogens with zero attached hydrogens (tertiary/aromatic N) is 1. The number of ether oxygens (including phenoxy) is 1. The van der Waals surface area contributed by atoms with Crippen molar-refractivity contribution < 1.29 is 19.4 Å². The zero-order chi connectivity index (χ0) is 15.7. The van der Waals surface area contributed by atoms with Gasteiger partial charge in [-0.2, -0.15) is 0 Å². The lowest BCUT2D eigenvalue weighted by atomic mass is 9.94. The van der Waals surface area contributed by atoms with Crippen molar-refractivity contribution in [3.05, 3.63) is 0 Å². The highest BCUT2D eigenvalue weighted by Crippen LogP contribution is 2.18. The first-order valence-corrected chi connectivity index (χ1v) is 7.63. The van der Waals surface area contributed by atoms with Crippen molar-refractivity contribution in [2.24, 2.45) is 5.92 Å². The van der Waals surface area contributed by atoms with Crippen LogP contribution >= 0.6 is 0 Å². The average Bonchev–Trinajstić information content (AvgIpc) is 2.52. The highest BCUT2D eigenvalue weighted by atomic mass is 16.5. The summed E-state index contributed by atoms with van der Waals surface area (Å²) in [6.07, 6.45) is 1.05. The number of likely N-dealkylation sites (N-methyl/N-ethyl adjacent to an activating group) is 1. The molecule has 0 radical (unpaired) electrons. The predicted molar refractivity (Wildman–Crippen MR) is 78.9 cm³/mol. The largest absolute Gasteiger partial charge is 0.391 e. The minimum Gasteiger partial charge on any atom is -0.391 e. The molecular weight excluding hydrogens is 274 g/mol. The van der Waals surface area contributed by atoms with E-state index in [1.165, 1.54) is 0 Å². The number of carbonyl (C=O) groups excluding carboxylic acids is 2. The van der Waals surface area contributed by atoms with Crippen LogP contribution in [0.4, 0.5) is 4.79 Å². The third-order valence-corrected chi connectivity index (χ3v) is 3.80. The molecule has 0 aliphatic carbocycles. The Labute approximate surface area is 126 Å². The maximum atomic E-state index is 11.7. The molecule has 3 N–H and O–H groups in total. The van der Waals surface area contributed by atoms with Crippen molar-refractivity contribution in [2.75, 3.05) is 39.4 Å². The van der Waals surface area contributed by atoms with Crippen LogP contribution in [0.5, 0.6) is 0 Å². The Morgan fingerprint density at radius 2 is 1.86 bits per heavy atom. The number of nitrogens with one attached hydrogen (secondary N) is 2. The van der Waals surface area contributed by atoms with Gasteiger partial charge < -0.3 is 25.4 Å². The van der Waals surface area contributed by atoms with Gasteiger partial charge in [0.05, 0.1) is 12.6 Å². The van der Waals surface area contributed by atoms with Crippen LogP contribution < -0.4 is 10.6 Å². The van der Waals surface area contributed by atoms with Crippen molar-refractivity contribution in [2.45, 2.75) is 32.8 Å². The zero-order valence-electron chi connectivity index (χ0n) is 12.9. The maximum Gasteiger partial charge on any atom is 0.315 e. The van der Waals surface area contributed by atoms with Crippen LogP contribution in [-0.4, -0.2) is 67.4 Å². The van der Waals surface area contributed by atoms with E-state index < -0.39 is 12.1 Å². The summed E-state index contributed by atoms with van der Waals surface area (Å²) in [5.74, 6) is 0.0523. The Balaban J connectivity index is 2.19. The van der Waals surface area contributed by atoms with E-state index in [1.807, 2.05) is 13.8 Å². The van der Waals surface area contributed by atoms with E-state index in [2.05, 4.69) is 10.6 Å². The molecule has 122 valence electrons. The summed E-state index contributed by atoms with van der Waals surface area (Å²) in [4.78, 5) is 25.0. The zero-order valence-corrected chi connectivity index (χ0v) is 12.9. The van der Waals surface area contributed by atoms with E-state index in [4.69, 9.17) is 4.74 Å². The van der Waals surface area contributed by atoms with Gasteiger partial charge in [-0.25, -0.2) is 4.79 Å². The first-order chi connectivity index (χ1) is 10.1. The minimum absolute atomic E-state index is 0.0269. The molecule has 1 aliphatic heterocycles. The molecule has 0 saturated carbocycles.